The molecule has 1 aliphatic rings. The van der Waals surface area contributed by atoms with E-state index >= 15 is 0 Å². The third-order valence-corrected chi connectivity index (χ3v) is 5.16. The Labute approximate surface area is 157 Å². The summed E-state index contributed by atoms with van der Waals surface area (Å²) in [5.74, 6) is 2.34. The number of benzene rings is 1. The normalized spacial score (nSPS) is 21.0. The first-order valence-corrected chi connectivity index (χ1v) is 9.82. The highest BCUT2D eigenvalue weighted by atomic mass is 15.3. The van der Waals surface area contributed by atoms with E-state index in [1.165, 1.54) is 12.0 Å². The lowest BCUT2D eigenvalue weighted by Gasteiger charge is -2.39. The van der Waals surface area contributed by atoms with Gasteiger partial charge < -0.3 is 14.8 Å². The van der Waals surface area contributed by atoms with Crippen LogP contribution in [0, 0.1) is 5.92 Å². The molecule has 0 amide bonds. The van der Waals surface area contributed by atoms with Gasteiger partial charge in [-0.15, -0.1) is 0 Å². The number of aryl methyl sites for hydroxylation is 1. The molecule has 1 aliphatic heterocycles. The Morgan fingerprint density at radius 3 is 2.85 bits per heavy atom. The number of imidazole rings is 1. The molecule has 1 aromatic heterocycles. The molecule has 1 fully saturated rings. The van der Waals surface area contributed by atoms with Crippen molar-refractivity contribution in [3.05, 3.63) is 54.6 Å². The summed E-state index contributed by atoms with van der Waals surface area (Å²) in [6.45, 7) is 9.36. The number of nitrogens with one attached hydrogen (secondary N) is 1. The maximum Gasteiger partial charge on any atom is 0.193 e. The van der Waals surface area contributed by atoms with Gasteiger partial charge in [0.05, 0.1) is 6.33 Å². The largest absolute Gasteiger partial charge is 0.357 e. The average molecular weight is 354 g/mol. The van der Waals surface area contributed by atoms with E-state index in [0.29, 0.717) is 11.8 Å². The molecular weight excluding hydrogens is 322 g/mol. The molecule has 0 aliphatic carbocycles. The van der Waals surface area contributed by atoms with Crippen LogP contribution >= 0.6 is 0 Å². The molecule has 1 aromatic carbocycles. The first-order valence-electron chi connectivity index (χ1n) is 9.82. The number of piperidine rings is 1. The second kappa shape index (κ2) is 9.41. The van der Waals surface area contributed by atoms with Crippen LogP contribution in [-0.4, -0.2) is 46.6 Å². The summed E-state index contributed by atoms with van der Waals surface area (Å²) < 4.78 is 2.11. The van der Waals surface area contributed by atoms with Crippen LogP contribution in [0.15, 0.2) is 54.0 Å². The van der Waals surface area contributed by atoms with Crippen LogP contribution in [0.3, 0.4) is 0 Å². The van der Waals surface area contributed by atoms with Crippen LogP contribution in [0.2, 0.25) is 0 Å². The SMILES string of the molecule is CCNC(=NCCCn1ccnc1)N1CCC(c2ccccc2)C(C)C1. The number of rotatable bonds is 6. The maximum absolute atomic E-state index is 4.87. The molecule has 140 valence electrons. The quantitative estimate of drug-likeness (QED) is 0.492. The Hall–Kier alpha value is -2.30. The van der Waals surface area contributed by atoms with Crippen molar-refractivity contribution in [2.75, 3.05) is 26.2 Å². The summed E-state index contributed by atoms with van der Waals surface area (Å²) in [6.07, 6.45) is 7.91. The molecule has 2 atom stereocenters. The van der Waals surface area contributed by atoms with Gasteiger partial charge >= 0.3 is 0 Å². The van der Waals surface area contributed by atoms with Gasteiger partial charge in [0.15, 0.2) is 5.96 Å². The molecule has 5 nitrogen and oxygen atoms in total. The molecule has 3 rings (SSSR count). The molecule has 2 heterocycles. The van der Waals surface area contributed by atoms with E-state index in [4.69, 9.17) is 4.99 Å². The Balaban J connectivity index is 1.55. The Bertz CT molecular complexity index is 665. The summed E-state index contributed by atoms with van der Waals surface area (Å²) in [4.78, 5) is 11.4. The van der Waals surface area contributed by atoms with E-state index in [2.05, 4.69) is 63.9 Å². The van der Waals surface area contributed by atoms with E-state index in [1.54, 1.807) is 0 Å². The Morgan fingerprint density at radius 2 is 2.15 bits per heavy atom. The number of hydrogen-bond acceptors (Lipinski definition) is 2. The van der Waals surface area contributed by atoms with Gasteiger partial charge in [-0.3, -0.25) is 4.99 Å². The molecule has 2 aromatic rings. The van der Waals surface area contributed by atoms with Gasteiger partial charge in [-0.05, 0) is 37.2 Å². The van der Waals surface area contributed by atoms with Gasteiger partial charge in [0, 0.05) is 45.1 Å². The van der Waals surface area contributed by atoms with Crippen molar-refractivity contribution >= 4 is 5.96 Å². The standard InChI is InChI=1S/C21H31N5/c1-3-23-21(24-11-7-13-25-15-12-22-17-25)26-14-10-20(18(2)16-26)19-8-5-4-6-9-19/h4-6,8-9,12,15,17-18,20H,3,7,10-11,13-14,16H2,1-2H3,(H,23,24). The van der Waals surface area contributed by atoms with Gasteiger partial charge in [0.1, 0.15) is 0 Å². The van der Waals surface area contributed by atoms with Gasteiger partial charge in [0.2, 0.25) is 0 Å². The molecule has 2 unspecified atom stereocenters. The number of likely N-dealkylation sites (tertiary alicyclic amines) is 1. The topological polar surface area (TPSA) is 45.5 Å². The van der Waals surface area contributed by atoms with Crippen molar-refractivity contribution < 1.29 is 0 Å². The lowest BCUT2D eigenvalue weighted by Crippen LogP contribution is -2.48. The van der Waals surface area contributed by atoms with Crippen molar-refractivity contribution in [3.63, 3.8) is 0 Å². The zero-order chi connectivity index (χ0) is 18.2. The molecular formula is C21H31N5. The third-order valence-electron chi connectivity index (χ3n) is 5.16. The number of aromatic nitrogens is 2. The number of guanidine groups is 1. The Morgan fingerprint density at radius 1 is 1.31 bits per heavy atom. The molecule has 26 heavy (non-hydrogen) atoms. The van der Waals surface area contributed by atoms with Gasteiger partial charge in [-0.25, -0.2) is 4.98 Å². The number of nitrogens with zero attached hydrogens (tertiary/aromatic N) is 4. The van der Waals surface area contributed by atoms with Gasteiger partial charge in [-0.2, -0.15) is 0 Å². The summed E-state index contributed by atoms with van der Waals surface area (Å²) in [5, 5.41) is 3.48. The first kappa shape index (κ1) is 18.5. The summed E-state index contributed by atoms with van der Waals surface area (Å²) in [6, 6.07) is 10.9. The second-order valence-electron chi connectivity index (χ2n) is 7.12. The summed E-state index contributed by atoms with van der Waals surface area (Å²) in [7, 11) is 0. The lowest BCUT2D eigenvalue weighted by molar-refractivity contribution is 0.234. The van der Waals surface area contributed by atoms with Crippen molar-refractivity contribution in [2.45, 2.75) is 39.2 Å². The van der Waals surface area contributed by atoms with E-state index in [9.17, 15) is 0 Å². The molecule has 0 bridgehead atoms. The lowest BCUT2D eigenvalue weighted by atomic mass is 9.82. The molecule has 0 saturated carbocycles. The highest BCUT2D eigenvalue weighted by Crippen LogP contribution is 2.32. The molecule has 0 radical (unpaired) electrons. The van der Waals surface area contributed by atoms with Crippen molar-refractivity contribution in [2.24, 2.45) is 10.9 Å². The second-order valence-corrected chi connectivity index (χ2v) is 7.12. The highest BCUT2D eigenvalue weighted by molar-refractivity contribution is 5.80. The predicted octanol–water partition coefficient (Wildman–Crippen LogP) is 3.36. The molecule has 1 N–H and O–H groups in total. The summed E-state index contributed by atoms with van der Waals surface area (Å²) >= 11 is 0. The average Bonchev–Trinajstić information content (AvgIpc) is 3.18. The van der Waals surface area contributed by atoms with E-state index in [-0.39, 0.29) is 0 Å². The molecule has 5 heteroatoms. The highest BCUT2D eigenvalue weighted by Gasteiger charge is 2.28. The molecule has 1 saturated heterocycles. The van der Waals surface area contributed by atoms with Crippen LogP contribution in [0.25, 0.3) is 0 Å². The smallest absolute Gasteiger partial charge is 0.193 e. The minimum absolute atomic E-state index is 0.626. The first-order chi connectivity index (χ1) is 12.8. The van der Waals surface area contributed by atoms with Crippen molar-refractivity contribution in [1.29, 1.82) is 0 Å². The minimum Gasteiger partial charge on any atom is -0.357 e. The third kappa shape index (κ3) is 4.87. The predicted molar refractivity (Wildman–Crippen MR) is 107 cm³/mol. The Kier molecular flexibility index (Phi) is 6.69. The molecule has 0 spiro atoms. The van der Waals surface area contributed by atoms with E-state index in [0.717, 1.165) is 45.1 Å². The summed E-state index contributed by atoms with van der Waals surface area (Å²) in [5.41, 5.74) is 1.47. The fraction of sp³-hybridized carbons (Fsp3) is 0.524. The number of hydrogen-bond donors (Lipinski definition) is 1. The monoisotopic (exact) mass is 353 g/mol. The fourth-order valence-corrected chi connectivity index (χ4v) is 3.82. The van der Waals surface area contributed by atoms with E-state index < -0.39 is 0 Å². The van der Waals surface area contributed by atoms with Gasteiger partial charge in [0.25, 0.3) is 0 Å². The van der Waals surface area contributed by atoms with E-state index in [1.807, 2.05) is 18.7 Å². The van der Waals surface area contributed by atoms with Crippen LogP contribution in [0.4, 0.5) is 0 Å². The van der Waals surface area contributed by atoms with Crippen molar-refractivity contribution in [3.8, 4) is 0 Å². The van der Waals surface area contributed by atoms with Crippen LogP contribution in [0.1, 0.15) is 38.2 Å². The fourth-order valence-electron chi connectivity index (χ4n) is 3.82. The van der Waals surface area contributed by atoms with Crippen LogP contribution in [-0.2, 0) is 6.54 Å². The van der Waals surface area contributed by atoms with Crippen molar-refractivity contribution in [1.82, 2.24) is 19.8 Å². The zero-order valence-electron chi connectivity index (χ0n) is 16.0. The van der Waals surface area contributed by atoms with Crippen LogP contribution < -0.4 is 5.32 Å². The van der Waals surface area contributed by atoms with Crippen LogP contribution in [0.5, 0.6) is 0 Å². The zero-order valence-corrected chi connectivity index (χ0v) is 16.0. The minimum atomic E-state index is 0.626. The maximum atomic E-state index is 4.87. The number of aliphatic imine (C=N–C) groups is 1. The van der Waals surface area contributed by atoms with Gasteiger partial charge in [-0.1, -0.05) is 37.3 Å².